The molecule has 0 aromatic heterocycles. The van der Waals surface area contributed by atoms with Crippen LogP contribution in [0.5, 0.6) is 5.75 Å². The third kappa shape index (κ3) is 5.95. The van der Waals surface area contributed by atoms with Crippen LogP contribution < -0.4 is 10.1 Å². The summed E-state index contributed by atoms with van der Waals surface area (Å²) in [6.07, 6.45) is 0.720. The van der Waals surface area contributed by atoms with Crippen molar-refractivity contribution in [1.82, 2.24) is 14.5 Å². The van der Waals surface area contributed by atoms with Gasteiger partial charge in [-0.15, -0.1) is 0 Å². The number of benzene rings is 2. The molecule has 1 N–H and O–H groups in total. The van der Waals surface area contributed by atoms with Gasteiger partial charge in [0.1, 0.15) is 11.8 Å². The maximum absolute atomic E-state index is 13.3. The SMILES string of the molecule is CCOc1ccc(S(=O)(=O)N2CCN(C(=O)[C@@H](NC(=O)c3ccccc3)[C@@H](C)CC)CC2)cc1. The fraction of sp³-hybridized carbons (Fsp3) is 0.440. The van der Waals surface area contributed by atoms with E-state index in [2.05, 4.69) is 5.32 Å². The number of piperazine rings is 1. The van der Waals surface area contributed by atoms with E-state index in [1.54, 1.807) is 41.3 Å². The number of sulfonamides is 1. The number of ether oxygens (including phenoxy) is 1. The number of hydrogen-bond donors (Lipinski definition) is 1. The van der Waals surface area contributed by atoms with E-state index in [1.165, 1.54) is 16.4 Å². The molecule has 1 heterocycles. The van der Waals surface area contributed by atoms with Crippen molar-refractivity contribution < 1.29 is 22.7 Å². The molecule has 8 nitrogen and oxygen atoms in total. The number of hydrogen-bond acceptors (Lipinski definition) is 5. The summed E-state index contributed by atoms with van der Waals surface area (Å²) in [7, 11) is -3.67. The van der Waals surface area contributed by atoms with Crippen molar-refractivity contribution in [2.45, 2.75) is 38.1 Å². The van der Waals surface area contributed by atoms with Crippen LogP contribution in [0, 0.1) is 5.92 Å². The zero-order chi connectivity index (χ0) is 24.7. The van der Waals surface area contributed by atoms with E-state index >= 15 is 0 Å². The van der Waals surface area contributed by atoms with Crippen LogP contribution in [0.3, 0.4) is 0 Å². The van der Waals surface area contributed by atoms with Crippen molar-refractivity contribution in [1.29, 1.82) is 0 Å². The van der Waals surface area contributed by atoms with E-state index in [0.717, 1.165) is 6.42 Å². The monoisotopic (exact) mass is 487 g/mol. The van der Waals surface area contributed by atoms with E-state index in [-0.39, 0.29) is 48.8 Å². The first-order valence-corrected chi connectivity index (χ1v) is 13.1. The van der Waals surface area contributed by atoms with Gasteiger partial charge in [0, 0.05) is 31.7 Å². The van der Waals surface area contributed by atoms with Gasteiger partial charge in [0.2, 0.25) is 15.9 Å². The van der Waals surface area contributed by atoms with Crippen LogP contribution in [0.25, 0.3) is 0 Å². The summed E-state index contributed by atoms with van der Waals surface area (Å²) in [6.45, 7) is 7.20. The maximum Gasteiger partial charge on any atom is 0.251 e. The predicted octanol–water partition coefficient (Wildman–Crippen LogP) is 2.76. The van der Waals surface area contributed by atoms with Crippen molar-refractivity contribution in [3.05, 3.63) is 60.2 Å². The van der Waals surface area contributed by atoms with Gasteiger partial charge in [0.05, 0.1) is 11.5 Å². The third-order valence-electron chi connectivity index (χ3n) is 6.12. The second kappa shape index (κ2) is 11.5. The Kier molecular flexibility index (Phi) is 8.68. The average Bonchev–Trinajstić information content (AvgIpc) is 2.87. The highest BCUT2D eigenvalue weighted by molar-refractivity contribution is 7.89. The topological polar surface area (TPSA) is 96.0 Å². The highest BCUT2D eigenvalue weighted by Gasteiger charge is 2.35. The first-order chi connectivity index (χ1) is 16.3. The molecule has 2 atom stereocenters. The molecule has 1 aliphatic heterocycles. The molecular weight excluding hydrogens is 454 g/mol. The van der Waals surface area contributed by atoms with E-state index in [0.29, 0.717) is 17.9 Å². The number of carbonyl (C=O) groups excluding carboxylic acids is 2. The molecule has 9 heteroatoms. The summed E-state index contributed by atoms with van der Waals surface area (Å²) >= 11 is 0. The lowest BCUT2D eigenvalue weighted by atomic mass is 9.97. The van der Waals surface area contributed by atoms with Crippen LogP contribution in [-0.2, 0) is 14.8 Å². The smallest absolute Gasteiger partial charge is 0.251 e. The van der Waals surface area contributed by atoms with Gasteiger partial charge in [0.25, 0.3) is 5.91 Å². The lowest BCUT2D eigenvalue weighted by Crippen LogP contribution is -2.57. The molecule has 1 saturated heterocycles. The number of carbonyl (C=O) groups is 2. The normalized spacial score (nSPS) is 16.5. The Hall–Kier alpha value is -2.91. The van der Waals surface area contributed by atoms with Gasteiger partial charge < -0.3 is 15.0 Å². The average molecular weight is 488 g/mol. The van der Waals surface area contributed by atoms with E-state index in [1.807, 2.05) is 26.8 Å². The molecule has 0 unspecified atom stereocenters. The standard InChI is InChI=1S/C25H33N3O5S/c1-4-19(3)23(26-24(29)20-9-7-6-8-10-20)25(30)27-15-17-28(18-16-27)34(31,32)22-13-11-21(12-14-22)33-5-2/h6-14,19,23H,4-5,15-18H2,1-3H3,(H,26,29)/t19-,23-/m0/s1. The third-order valence-corrected chi connectivity index (χ3v) is 8.04. The van der Waals surface area contributed by atoms with Crippen LogP contribution >= 0.6 is 0 Å². The minimum atomic E-state index is -3.67. The first-order valence-electron chi connectivity index (χ1n) is 11.7. The molecule has 184 valence electrons. The van der Waals surface area contributed by atoms with E-state index in [9.17, 15) is 18.0 Å². The molecule has 34 heavy (non-hydrogen) atoms. The van der Waals surface area contributed by atoms with Crippen molar-refractivity contribution in [2.24, 2.45) is 5.92 Å². The van der Waals surface area contributed by atoms with Crippen molar-refractivity contribution >= 4 is 21.8 Å². The highest BCUT2D eigenvalue weighted by atomic mass is 32.2. The summed E-state index contributed by atoms with van der Waals surface area (Å²) in [6, 6.07) is 14.5. The predicted molar refractivity (Wildman–Crippen MR) is 130 cm³/mol. The molecule has 0 aliphatic carbocycles. The molecule has 0 spiro atoms. The summed E-state index contributed by atoms with van der Waals surface area (Å²) in [4.78, 5) is 27.9. The Morgan fingerprint density at radius 1 is 0.971 bits per heavy atom. The molecule has 2 aromatic rings. The molecule has 0 saturated carbocycles. The number of nitrogens with one attached hydrogen (secondary N) is 1. The van der Waals surface area contributed by atoms with Gasteiger partial charge in [-0.3, -0.25) is 9.59 Å². The summed E-state index contributed by atoms with van der Waals surface area (Å²) in [5.74, 6) is 0.0731. The van der Waals surface area contributed by atoms with Gasteiger partial charge >= 0.3 is 0 Å². The minimum absolute atomic E-state index is 0.0641. The molecule has 2 amide bonds. The van der Waals surface area contributed by atoms with Crippen molar-refractivity contribution in [3.8, 4) is 5.75 Å². The van der Waals surface area contributed by atoms with Crippen molar-refractivity contribution in [3.63, 3.8) is 0 Å². The quantitative estimate of drug-likeness (QED) is 0.587. The molecule has 1 fully saturated rings. The zero-order valence-electron chi connectivity index (χ0n) is 19.9. The molecule has 1 aliphatic rings. The van der Waals surface area contributed by atoms with E-state index < -0.39 is 16.1 Å². The molecule has 0 radical (unpaired) electrons. The molecule has 3 rings (SSSR count). The summed E-state index contributed by atoms with van der Waals surface area (Å²) < 4.78 is 32.9. The highest BCUT2D eigenvalue weighted by Crippen LogP contribution is 2.22. The lowest BCUT2D eigenvalue weighted by Gasteiger charge is -2.37. The lowest BCUT2D eigenvalue weighted by molar-refractivity contribution is -0.135. The van der Waals surface area contributed by atoms with Crippen molar-refractivity contribution in [2.75, 3.05) is 32.8 Å². The maximum atomic E-state index is 13.3. The fourth-order valence-electron chi connectivity index (χ4n) is 3.87. The molecular formula is C25H33N3O5S. The zero-order valence-corrected chi connectivity index (χ0v) is 20.8. The molecule has 2 aromatic carbocycles. The second-order valence-corrected chi connectivity index (χ2v) is 10.3. The van der Waals surface area contributed by atoms with Gasteiger partial charge in [-0.1, -0.05) is 38.5 Å². The van der Waals surface area contributed by atoms with E-state index in [4.69, 9.17) is 4.74 Å². The van der Waals surface area contributed by atoms with Crippen LogP contribution in [0.15, 0.2) is 59.5 Å². The Morgan fingerprint density at radius 2 is 1.59 bits per heavy atom. The number of rotatable bonds is 9. The molecule has 0 bridgehead atoms. The summed E-state index contributed by atoms with van der Waals surface area (Å²) in [5, 5.41) is 2.89. The minimum Gasteiger partial charge on any atom is -0.494 e. The largest absolute Gasteiger partial charge is 0.494 e. The van der Waals surface area contributed by atoms with Crippen LogP contribution in [-0.4, -0.2) is 68.3 Å². The van der Waals surface area contributed by atoms with Crippen LogP contribution in [0.1, 0.15) is 37.6 Å². The first kappa shape index (κ1) is 25.7. The van der Waals surface area contributed by atoms with Gasteiger partial charge in [-0.2, -0.15) is 4.31 Å². The van der Waals surface area contributed by atoms with Gasteiger partial charge in [-0.05, 0) is 49.2 Å². The Bertz CT molecular complexity index is 1070. The van der Waals surface area contributed by atoms with Crippen LogP contribution in [0.2, 0.25) is 0 Å². The summed E-state index contributed by atoms with van der Waals surface area (Å²) in [5.41, 5.74) is 0.495. The Morgan fingerprint density at radius 3 is 2.15 bits per heavy atom. The van der Waals surface area contributed by atoms with Gasteiger partial charge in [-0.25, -0.2) is 8.42 Å². The fourth-order valence-corrected chi connectivity index (χ4v) is 5.29. The number of amides is 2. The number of nitrogens with zero attached hydrogens (tertiary/aromatic N) is 2. The second-order valence-electron chi connectivity index (χ2n) is 8.34. The van der Waals surface area contributed by atoms with Gasteiger partial charge in [0.15, 0.2) is 0 Å². The Balaban J connectivity index is 1.65. The Labute approximate surface area is 201 Å². The van der Waals surface area contributed by atoms with Crippen LogP contribution in [0.4, 0.5) is 0 Å².